The molecule has 0 saturated heterocycles. The monoisotopic (exact) mass is 832 g/mol. The fourth-order valence-corrected chi connectivity index (χ4v) is 21.9. The Balaban J connectivity index is 0.000000321. The van der Waals surface area contributed by atoms with Crippen LogP contribution in [0.3, 0.4) is 0 Å². The van der Waals surface area contributed by atoms with E-state index in [9.17, 15) is 0 Å². The number of halogens is 2. The van der Waals surface area contributed by atoms with Gasteiger partial charge in [0.05, 0.1) is 0 Å². The van der Waals surface area contributed by atoms with Gasteiger partial charge in [0.1, 0.15) is 0 Å². The average Bonchev–Trinajstić information content (AvgIpc) is 3.48. The number of hydrogen-bond acceptors (Lipinski definition) is 0. The molecule has 0 heterocycles. The van der Waals surface area contributed by atoms with Crippen molar-refractivity contribution in [3.05, 3.63) is 82.2 Å². The molecule has 4 aliphatic carbocycles. The SMILES string of the molecule is Cl.Cl.[CH2]=[Hf]([C]1=C(C)C(C)=CC1)[C]1=C(C)C(C)=CC1.[CH2]=[Hf]([C]1=C(C)C(C)=CC1)[C]1=C(C)C(C)=CC1. The maximum absolute atomic E-state index is 4.60. The first-order valence-corrected chi connectivity index (χ1v) is 24.2. The molecule has 0 fully saturated rings. The van der Waals surface area contributed by atoms with Crippen LogP contribution in [0, 0.1) is 0 Å². The third-order valence-electron chi connectivity index (χ3n) is 8.08. The molecule has 0 unspecified atom stereocenters. The van der Waals surface area contributed by atoms with Gasteiger partial charge in [0.15, 0.2) is 0 Å². The Labute approximate surface area is 236 Å². The number of hydrogen-bond donors (Lipinski definition) is 0. The summed E-state index contributed by atoms with van der Waals surface area (Å²) in [5.41, 5.74) is 12.2. The molecule has 4 rings (SSSR count). The molecule has 34 heavy (non-hydrogen) atoms. The van der Waals surface area contributed by atoms with Crippen molar-refractivity contribution in [3.63, 3.8) is 0 Å². The molecule has 0 nitrogen and oxygen atoms in total. The van der Waals surface area contributed by atoms with Gasteiger partial charge in [-0.15, -0.1) is 24.8 Å². The zero-order chi connectivity index (χ0) is 23.7. The minimum absolute atomic E-state index is 0. The van der Waals surface area contributed by atoms with E-state index in [1.807, 2.05) is 0 Å². The second-order valence-corrected chi connectivity index (χ2v) is 25.3. The molecule has 0 bridgehead atoms. The van der Waals surface area contributed by atoms with Gasteiger partial charge < -0.3 is 0 Å². The topological polar surface area (TPSA) is 0 Å². The average molecular weight is 831 g/mol. The predicted octanol–water partition coefficient (Wildman–Crippen LogP) is 9.41. The summed E-state index contributed by atoms with van der Waals surface area (Å²) >= 11 is -3.76. The summed E-state index contributed by atoms with van der Waals surface area (Å²) in [5, 5.41) is 0. The third kappa shape index (κ3) is 6.64. The van der Waals surface area contributed by atoms with Crippen molar-refractivity contribution in [3.8, 4) is 0 Å². The second kappa shape index (κ2) is 13.5. The van der Waals surface area contributed by atoms with Gasteiger partial charge in [-0.3, -0.25) is 0 Å². The van der Waals surface area contributed by atoms with Crippen LogP contribution >= 0.6 is 24.8 Å². The summed E-state index contributed by atoms with van der Waals surface area (Å²) < 4.78 is 16.1. The van der Waals surface area contributed by atoms with Crippen molar-refractivity contribution in [2.24, 2.45) is 0 Å². The Bertz CT molecular complexity index is 978. The Hall–Kier alpha value is -0.0197. The molecule has 0 aromatic rings. The maximum atomic E-state index is 4.60. The van der Waals surface area contributed by atoms with Crippen molar-refractivity contribution >= 4 is 33.3 Å². The van der Waals surface area contributed by atoms with Crippen molar-refractivity contribution in [2.75, 3.05) is 0 Å². The van der Waals surface area contributed by atoms with Gasteiger partial charge in [-0.05, 0) is 0 Å². The quantitative estimate of drug-likeness (QED) is 0.248. The van der Waals surface area contributed by atoms with E-state index < -0.39 is 41.9 Å². The van der Waals surface area contributed by atoms with Crippen LogP contribution < -0.4 is 0 Å². The van der Waals surface area contributed by atoms with Crippen LogP contribution in [0.2, 0.25) is 0 Å². The van der Waals surface area contributed by atoms with Crippen LogP contribution in [0.5, 0.6) is 0 Å². The molecule has 4 heteroatoms. The Morgan fingerprint density at radius 2 is 0.618 bits per heavy atom. The van der Waals surface area contributed by atoms with Crippen LogP contribution in [-0.4, -0.2) is 8.52 Å². The van der Waals surface area contributed by atoms with Gasteiger partial charge in [-0.2, -0.15) is 0 Å². The fraction of sp³-hybridized carbons (Fsp3) is 0.400. The summed E-state index contributed by atoms with van der Waals surface area (Å²) in [6, 6.07) is 0. The first-order valence-electron chi connectivity index (χ1n) is 11.9. The molecule has 0 spiro atoms. The minimum atomic E-state index is -1.88. The molecule has 0 aromatic heterocycles. The normalized spacial score (nSPS) is 19.3. The van der Waals surface area contributed by atoms with Crippen molar-refractivity contribution in [2.45, 2.75) is 81.1 Å². The molecule has 184 valence electrons. The molecule has 0 aliphatic heterocycles. The molecule has 0 atom stereocenters. The number of allylic oxidation sites excluding steroid dienone is 16. The predicted molar refractivity (Wildman–Crippen MR) is 153 cm³/mol. The van der Waals surface area contributed by atoms with E-state index in [4.69, 9.17) is 0 Å². The Kier molecular flexibility index (Phi) is 12.7. The van der Waals surface area contributed by atoms with Gasteiger partial charge in [-0.1, -0.05) is 0 Å². The summed E-state index contributed by atoms with van der Waals surface area (Å²) in [6.45, 7) is 18.1. The molecular formula is C30H42Cl2Hf2. The zero-order valence-corrected chi connectivity index (χ0v) is 31.2. The summed E-state index contributed by atoms with van der Waals surface area (Å²) in [7, 11) is 0. The first-order chi connectivity index (χ1) is 15.0. The molecule has 0 saturated carbocycles. The third-order valence-corrected chi connectivity index (χ3v) is 26.9. The first kappa shape index (κ1) is 32.0. The van der Waals surface area contributed by atoms with E-state index in [2.05, 4.69) is 88.2 Å². The van der Waals surface area contributed by atoms with Crippen LogP contribution in [0.4, 0.5) is 0 Å². The summed E-state index contributed by atoms with van der Waals surface area (Å²) in [4.78, 5) is 0. The van der Waals surface area contributed by atoms with Crippen LogP contribution in [0.1, 0.15) is 81.1 Å². The van der Waals surface area contributed by atoms with E-state index in [1.165, 1.54) is 48.0 Å². The van der Waals surface area contributed by atoms with Gasteiger partial charge in [0, 0.05) is 0 Å². The van der Waals surface area contributed by atoms with Crippen molar-refractivity contribution < 1.29 is 41.9 Å². The van der Waals surface area contributed by atoms with E-state index >= 15 is 0 Å². The van der Waals surface area contributed by atoms with Crippen LogP contribution in [-0.2, 0) is 41.9 Å². The summed E-state index contributed by atoms with van der Waals surface area (Å²) in [6.07, 6.45) is 14.3. The summed E-state index contributed by atoms with van der Waals surface area (Å²) in [5.74, 6) is 0. The van der Waals surface area contributed by atoms with Crippen LogP contribution in [0.15, 0.2) is 82.2 Å². The van der Waals surface area contributed by atoms with E-state index in [0.29, 0.717) is 0 Å². The molecule has 0 aromatic carbocycles. The van der Waals surface area contributed by atoms with E-state index in [1.54, 1.807) is 35.6 Å². The van der Waals surface area contributed by atoms with E-state index in [-0.39, 0.29) is 24.8 Å². The Morgan fingerprint density at radius 3 is 0.735 bits per heavy atom. The van der Waals surface area contributed by atoms with Gasteiger partial charge in [0.25, 0.3) is 0 Å². The fourth-order valence-electron chi connectivity index (χ4n) is 4.96. The second-order valence-electron chi connectivity index (χ2n) is 9.74. The standard InChI is InChI=1S/4C7H9.2CH2.2ClH.2Hf/c4*1-6-4-3-5-7(6)2;;;;;;/h4*4H,3H2,1-2H3;2*1H2;2*1H;;. The molecular weight excluding hydrogens is 788 g/mol. The van der Waals surface area contributed by atoms with Crippen molar-refractivity contribution in [1.82, 2.24) is 0 Å². The Morgan fingerprint density at radius 1 is 0.441 bits per heavy atom. The van der Waals surface area contributed by atoms with E-state index in [0.717, 1.165) is 0 Å². The number of rotatable bonds is 4. The molecule has 0 radical (unpaired) electrons. The van der Waals surface area contributed by atoms with Gasteiger partial charge in [-0.25, -0.2) is 0 Å². The van der Waals surface area contributed by atoms with Gasteiger partial charge in [0.2, 0.25) is 0 Å². The van der Waals surface area contributed by atoms with Crippen molar-refractivity contribution in [1.29, 1.82) is 0 Å². The van der Waals surface area contributed by atoms with Gasteiger partial charge >= 0.3 is 214 Å². The van der Waals surface area contributed by atoms with Crippen LogP contribution in [0.25, 0.3) is 0 Å². The molecule has 0 N–H and O–H groups in total. The zero-order valence-electron chi connectivity index (χ0n) is 22.4. The molecule has 4 aliphatic rings. The molecule has 0 amide bonds.